The molecule has 0 aliphatic heterocycles. The molecule has 3 N–H and O–H groups in total. The molecule has 26 heavy (non-hydrogen) atoms. The summed E-state index contributed by atoms with van der Waals surface area (Å²) in [4.78, 5) is 4.26. The van der Waals surface area contributed by atoms with Gasteiger partial charge in [-0.05, 0) is 23.8 Å². The second kappa shape index (κ2) is 10.5. The summed E-state index contributed by atoms with van der Waals surface area (Å²) >= 11 is 0. The summed E-state index contributed by atoms with van der Waals surface area (Å²) in [6.45, 7) is 8.00. The summed E-state index contributed by atoms with van der Waals surface area (Å²) in [5.41, 5.74) is 8.98. The number of hydrogen-bond donors (Lipinski definition) is 2. The Labute approximate surface area is 155 Å². The molecular weight excluding hydrogens is 322 g/mol. The van der Waals surface area contributed by atoms with Gasteiger partial charge in [-0.1, -0.05) is 70.2 Å². The second-order valence-corrected chi connectivity index (χ2v) is 4.81. The van der Waals surface area contributed by atoms with Crippen LogP contribution >= 0.6 is 0 Å². The van der Waals surface area contributed by atoms with Crippen LogP contribution in [0.1, 0.15) is 33.3 Å². The highest BCUT2D eigenvalue weighted by atomic mass is 16.3. The van der Waals surface area contributed by atoms with Gasteiger partial charge < -0.3 is 10.8 Å². The molecule has 0 saturated carbocycles. The predicted molar refractivity (Wildman–Crippen MR) is 109 cm³/mol. The van der Waals surface area contributed by atoms with E-state index >= 15 is 0 Å². The number of aromatic hydroxyl groups is 1. The molecule has 0 aliphatic carbocycles. The van der Waals surface area contributed by atoms with Crippen molar-refractivity contribution in [1.29, 1.82) is 5.26 Å². The van der Waals surface area contributed by atoms with E-state index in [-0.39, 0.29) is 11.6 Å². The molecule has 2 aromatic carbocycles. The van der Waals surface area contributed by atoms with Gasteiger partial charge in [0.1, 0.15) is 23.2 Å². The molecule has 4 nitrogen and oxygen atoms in total. The van der Waals surface area contributed by atoms with Crippen molar-refractivity contribution in [3.8, 4) is 34.2 Å². The van der Waals surface area contributed by atoms with Crippen LogP contribution in [0.3, 0.4) is 0 Å². The first-order chi connectivity index (χ1) is 12.7. The quantitative estimate of drug-likeness (QED) is 0.629. The average Bonchev–Trinajstić information content (AvgIpc) is 2.71. The molecule has 3 rings (SSSR count). The van der Waals surface area contributed by atoms with Crippen molar-refractivity contribution in [3.63, 3.8) is 0 Å². The zero-order chi connectivity index (χ0) is 19.5. The van der Waals surface area contributed by atoms with Gasteiger partial charge in [0.15, 0.2) is 0 Å². The van der Waals surface area contributed by atoms with Crippen molar-refractivity contribution in [1.82, 2.24) is 4.98 Å². The minimum atomic E-state index is 0.123. The van der Waals surface area contributed by atoms with Crippen LogP contribution in [0.2, 0.25) is 0 Å². The number of nitrogen functional groups attached to an aromatic ring is 1. The lowest BCUT2D eigenvalue weighted by molar-refractivity contribution is 0.477. The molecule has 0 atom stereocenters. The molecule has 0 aliphatic rings. The Morgan fingerprint density at radius 2 is 1.46 bits per heavy atom. The van der Waals surface area contributed by atoms with Gasteiger partial charge in [0.25, 0.3) is 0 Å². The van der Waals surface area contributed by atoms with Gasteiger partial charge in [0.05, 0.1) is 5.69 Å². The number of rotatable bonds is 2. The number of aromatic nitrogens is 1. The molecule has 4 heteroatoms. The summed E-state index contributed by atoms with van der Waals surface area (Å²) in [5.74, 6) is 0.278. The topological polar surface area (TPSA) is 82.9 Å². The number of para-hydroxylation sites is 1. The monoisotopic (exact) mass is 347 g/mol. The average molecular weight is 347 g/mol. The Morgan fingerprint density at radius 3 is 2.04 bits per heavy atom. The molecule has 0 spiro atoms. The highest BCUT2D eigenvalue weighted by molar-refractivity contribution is 5.81. The number of benzene rings is 2. The molecule has 0 radical (unpaired) electrons. The van der Waals surface area contributed by atoms with Gasteiger partial charge in [-0.3, -0.25) is 0 Å². The fraction of sp³-hybridized carbons (Fsp3) is 0.182. The van der Waals surface area contributed by atoms with Crippen LogP contribution in [-0.4, -0.2) is 10.1 Å². The van der Waals surface area contributed by atoms with E-state index in [1.807, 2.05) is 64.1 Å². The predicted octanol–water partition coefficient (Wildman–Crippen LogP) is 5.63. The van der Waals surface area contributed by atoms with Crippen LogP contribution in [-0.2, 0) is 0 Å². The van der Waals surface area contributed by atoms with Crippen LogP contribution < -0.4 is 5.73 Å². The standard InChI is InChI=1S/C18H13N3O.2C2H6/c19-11-15-14(12-6-2-1-3-7-12)10-16(21-18(15)20)13-8-4-5-9-17(13)22;2*1-2/h1-10,22H,(H2,20,21);2*1-2H3. The molecule has 0 bridgehead atoms. The third kappa shape index (κ3) is 4.61. The van der Waals surface area contributed by atoms with Crippen molar-refractivity contribution in [2.24, 2.45) is 0 Å². The van der Waals surface area contributed by atoms with Crippen molar-refractivity contribution < 1.29 is 5.11 Å². The number of pyridine rings is 1. The van der Waals surface area contributed by atoms with Gasteiger partial charge in [0, 0.05) is 11.1 Å². The second-order valence-electron chi connectivity index (χ2n) is 4.81. The lowest BCUT2D eigenvalue weighted by Gasteiger charge is -2.11. The Bertz CT molecular complexity index is 868. The van der Waals surface area contributed by atoms with Crippen molar-refractivity contribution in [3.05, 3.63) is 66.2 Å². The molecule has 1 aromatic heterocycles. The Balaban J connectivity index is 0.000000791. The van der Waals surface area contributed by atoms with E-state index in [1.165, 1.54) is 0 Å². The number of phenols is 1. The SMILES string of the molecule is CC.CC.N#Cc1c(-c2ccccc2)cc(-c2ccccc2O)nc1N. The normalized spacial score (nSPS) is 9.04. The van der Waals surface area contributed by atoms with Crippen LogP contribution in [0, 0.1) is 11.3 Å². The van der Waals surface area contributed by atoms with E-state index in [2.05, 4.69) is 11.1 Å². The summed E-state index contributed by atoms with van der Waals surface area (Å²) in [5, 5.41) is 19.4. The molecule has 0 unspecified atom stereocenters. The number of nitrogens with two attached hydrogens (primary N) is 1. The zero-order valence-corrected chi connectivity index (χ0v) is 15.7. The lowest BCUT2D eigenvalue weighted by atomic mass is 9.98. The van der Waals surface area contributed by atoms with E-state index in [0.29, 0.717) is 22.4 Å². The number of nitriles is 1. The van der Waals surface area contributed by atoms with Crippen LogP contribution in [0.15, 0.2) is 60.7 Å². The first-order valence-corrected chi connectivity index (χ1v) is 8.75. The molecule has 3 aromatic rings. The Kier molecular flexibility index (Phi) is 8.39. The molecule has 0 saturated heterocycles. The van der Waals surface area contributed by atoms with E-state index < -0.39 is 0 Å². The van der Waals surface area contributed by atoms with E-state index in [4.69, 9.17) is 5.73 Å². The van der Waals surface area contributed by atoms with Crippen LogP contribution in [0.4, 0.5) is 5.82 Å². The largest absolute Gasteiger partial charge is 0.507 e. The van der Waals surface area contributed by atoms with E-state index in [0.717, 1.165) is 5.56 Å². The third-order valence-corrected chi connectivity index (χ3v) is 3.42. The summed E-state index contributed by atoms with van der Waals surface area (Å²) < 4.78 is 0. The first kappa shape index (κ1) is 20.7. The van der Waals surface area contributed by atoms with E-state index in [9.17, 15) is 10.4 Å². The van der Waals surface area contributed by atoms with Gasteiger partial charge in [-0.2, -0.15) is 5.26 Å². The minimum absolute atomic E-state index is 0.123. The Morgan fingerprint density at radius 1 is 0.885 bits per heavy atom. The molecular formula is C22H25N3O. The highest BCUT2D eigenvalue weighted by Gasteiger charge is 2.14. The summed E-state index contributed by atoms with van der Waals surface area (Å²) in [6.07, 6.45) is 0. The first-order valence-electron chi connectivity index (χ1n) is 8.75. The maximum atomic E-state index is 10.00. The van der Waals surface area contributed by atoms with Crippen LogP contribution in [0.5, 0.6) is 5.75 Å². The summed E-state index contributed by atoms with van der Waals surface area (Å²) in [7, 11) is 0. The van der Waals surface area contributed by atoms with Crippen molar-refractivity contribution in [2.45, 2.75) is 27.7 Å². The number of nitrogens with zero attached hydrogens (tertiary/aromatic N) is 2. The van der Waals surface area contributed by atoms with Gasteiger partial charge in [-0.15, -0.1) is 0 Å². The van der Waals surface area contributed by atoms with Gasteiger partial charge >= 0.3 is 0 Å². The third-order valence-electron chi connectivity index (χ3n) is 3.42. The molecule has 0 fully saturated rings. The molecule has 1 heterocycles. The smallest absolute Gasteiger partial charge is 0.142 e. The Hall–Kier alpha value is -3.32. The summed E-state index contributed by atoms with van der Waals surface area (Å²) in [6, 6.07) is 20.3. The minimum Gasteiger partial charge on any atom is -0.507 e. The van der Waals surface area contributed by atoms with Crippen LogP contribution in [0.25, 0.3) is 22.4 Å². The maximum absolute atomic E-state index is 10.00. The number of hydrogen-bond acceptors (Lipinski definition) is 4. The maximum Gasteiger partial charge on any atom is 0.142 e. The number of phenolic OH excluding ortho intramolecular Hbond substituents is 1. The highest BCUT2D eigenvalue weighted by Crippen LogP contribution is 2.34. The zero-order valence-electron chi connectivity index (χ0n) is 15.7. The number of anilines is 1. The van der Waals surface area contributed by atoms with Crippen molar-refractivity contribution >= 4 is 5.82 Å². The fourth-order valence-electron chi connectivity index (χ4n) is 2.36. The van der Waals surface area contributed by atoms with Gasteiger partial charge in [-0.25, -0.2) is 4.98 Å². The van der Waals surface area contributed by atoms with Gasteiger partial charge in [0.2, 0.25) is 0 Å². The lowest BCUT2D eigenvalue weighted by Crippen LogP contribution is -1.99. The van der Waals surface area contributed by atoms with E-state index in [1.54, 1.807) is 24.3 Å². The molecule has 0 amide bonds. The fourth-order valence-corrected chi connectivity index (χ4v) is 2.36. The molecule has 134 valence electrons. The van der Waals surface area contributed by atoms with Crippen molar-refractivity contribution in [2.75, 3.05) is 5.73 Å².